The minimum absolute atomic E-state index is 0.0338. The number of benzene rings is 2. The number of amides is 1. The van der Waals surface area contributed by atoms with Crippen molar-refractivity contribution in [1.29, 1.82) is 0 Å². The zero-order valence-corrected chi connectivity index (χ0v) is 19.4. The van der Waals surface area contributed by atoms with Crippen molar-refractivity contribution < 1.29 is 24.0 Å². The standard InChI is InChI=1S/C23H20ClN3O6S/c1-14(11-24)20(23(29)33-12-15-7-9-16(10-8-15)27(30)31)26-21(28)19-22(26)34-18(25-19)13-32-17-5-3-2-4-6-17/h2-10,19-20,22H,1,11-13H2. The van der Waals surface area contributed by atoms with Gasteiger partial charge in [-0.1, -0.05) is 36.5 Å². The predicted molar refractivity (Wildman–Crippen MR) is 128 cm³/mol. The van der Waals surface area contributed by atoms with Crippen LogP contribution in [0.5, 0.6) is 5.75 Å². The first-order valence-electron chi connectivity index (χ1n) is 10.3. The number of hydrogen-bond donors (Lipinski definition) is 0. The molecule has 9 nitrogen and oxygen atoms in total. The van der Waals surface area contributed by atoms with Crippen LogP contribution in [0.2, 0.25) is 0 Å². The quantitative estimate of drug-likeness (QED) is 0.122. The van der Waals surface area contributed by atoms with Gasteiger partial charge in [-0.25, -0.2) is 4.79 Å². The topological polar surface area (TPSA) is 111 Å². The number of nitro groups is 1. The summed E-state index contributed by atoms with van der Waals surface area (Å²) < 4.78 is 11.1. The van der Waals surface area contributed by atoms with E-state index in [0.29, 0.717) is 21.9 Å². The van der Waals surface area contributed by atoms with Gasteiger partial charge < -0.3 is 14.4 Å². The number of carbonyl (C=O) groups excluding carboxylic acids is 2. The number of thioether (sulfide) groups is 1. The Morgan fingerprint density at radius 2 is 1.91 bits per heavy atom. The summed E-state index contributed by atoms with van der Waals surface area (Å²) in [6.45, 7) is 3.96. The van der Waals surface area contributed by atoms with Gasteiger partial charge >= 0.3 is 5.97 Å². The van der Waals surface area contributed by atoms with Crippen LogP contribution < -0.4 is 4.74 Å². The molecule has 0 N–H and O–H groups in total. The number of halogens is 1. The second-order valence-electron chi connectivity index (χ2n) is 7.55. The van der Waals surface area contributed by atoms with Crippen LogP contribution in [0.4, 0.5) is 5.69 Å². The normalized spacial score (nSPS) is 19.5. The van der Waals surface area contributed by atoms with E-state index in [2.05, 4.69) is 11.6 Å². The van der Waals surface area contributed by atoms with Crippen molar-refractivity contribution in [2.75, 3.05) is 12.5 Å². The molecule has 1 saturated heterocycles. The Balaban J connectivity index is 1.39. The van der Waals surface area contributed by atoms with Gasteiger partial charge in [0.1, 0.15) is 29.4 Å². The van der Waals surface area contributed by atoms with Crippen LogP contribution in [0, 0.1) is 10.1 Å². The number of likely N-dealkylation sites (tertiary alicyclic amines) is 1. The number of esters is 1. The van der Waals surface area contributed by atoms with Crippen molar-refractivity contribution in [2.45, 2.75) is 24.1 Å². The maximum Gasteiger partial charge on any atom is 0.333 e. The van der Waals surface area contributed by atoms with Crippen molar-refractivity contribution in [3.63, 3.8) is 0 Å². The molecule has 0 spiro atoms. The minimum atomic E-state index is -1.05. The van der Waals surface area contributed by atoms with Gasteiger partial charge in [-0.15, -0.1) is 11.6 Å². The number of alkyl halides is 1. The number of fused-ring (bicyclic) bond motifs is 1. The number of nitrogens with zero attached hydrogens (tertiary/aromatic N) is 3. The fourth-order valence-corrected chi connectivity index (χ4v) is 4.91. The Kier molecular flexibility index (Phi) is 7.18. The highest BCUT2D eigenvalue weighted by molar-refractivity contribution is 8.15. The molecule has 0 radical (unpaired) electrons. The molecular formula is C23H20ClN3O6S. The van der Waals surface area contributed by atoms with Gasteiger partial charge in [0.2, 0.25) is 0 Å². The van der Waals surface area contributed by atoms with E-state index in [1.807, 2.05) is 30.3 Å². The first-order chi connectivity index (χ1) is 16.4. The van der Waals surface area contributed by atoms with Crippen molar-refractivity contribution in [2.24, 2.45) is 4.99 Å². The van der Waals surface area contributed by atoms with Crippen molar-refractivity contribution in [3.05, 3.63) is 82.4 Å². The molecule has 4 rings (SSSR count). The zero-order chi connectivity index (χ0) is 24.2. The lowest BCUT2D eigenvalue weighted by Crippen LogP contribution is -2.66. The molecule has 0 aliphatic carbocycles. The summed E-state index contributed by atoms with van der Waals surface area (Å²) in [5, 5.41) is 11.1. The van der Waals surface area contributed by atoms with E-state index in [9.17, 15) is 19.7 Å². The predicted octanol–water partition coefficient (Wildman–Crippen LogP) is 3.56. The van der Waals surface area contributed by atoms with Gasteiger partial charge in [0.15, 0.2) is 12.1 Å². The summed E-state index contributed by atoms with van der Waals surface area (Å²) >= 11 is 7.31. The van der Waals surface area contributed by atoms with Gasteiger partial charge in [-0.05, 0) is 35.4 Å². The molecule has 1 fully saturated rings. The monoisotopic (exact) mass is 501 g/mol. The third-order valence-corrected chi connectivity index (χ3v) is 6.85. The molecule has 0 saturated carbocycles. The molecule has 3 unspecified atom stereocenters. The molecule has 34 heavy (non-hydrogen) atoms. The van der Waals surface area contributed by atoms with Crippen LogP contribution in [-0.2, 0) is 20.9 Å². The minimum Gasteiger partial charge on any atom is -0.487 e. The zero-order valence-electron chi connectivity index (χ0n) is 17.8. The maximum atomic E-state index is 12.9. The van der Waals surface area contributed by atoms with E-state index in [4.69, 9.17) is 21.1 Å². The van der Waals surface area contributed by atoms with Crippen molar-refractivity contribution in [3.8, 4) is 5.75 Å². The van der Waals surface area contributed by atoms with Crippen molar-refractivity contribution >= 4 is 46.0 Å². The van der Waals surface area contributed by atoms with Crippen LogP contribution in [0.25, 0.3) is 0 Å². The Morgan fingerprint density at radius 1 is 1.21 bits per heavy atom. The van der Waals surface area contributed by atoms with Crippen LogP contribution in [-0.4, -0.2) is 56.7 Å². The summed E-state index contributed by atoms with van der Waals surface area (Å²) in [5.74, 6) is -0.328. The molecule has 2 aromatic carbocycles. The fraction of sp³-hybridized carbons (Fsp3) is 0.261. The van der Waals surface area contributed by atoms with E-state index in [0.717, 1.165) is 0 Å². The Hall–Kier alpha value is -3.37. The number of carbonyl (C=O) groups is 2. The number of rotatable bonds is 10. The van der Waals surface area contributed by atoms with Gasteiger partial charge in [0.05, 0.1) is 4.92 Å². The van der Waals surface area contributed by atoms with E-state index < -0.39 is 23.0 Å². The van der Waals surface area contributed by atoms with Gasteiger partial charge in [0, 0.05) is 18.0 Å². The number of non-ortho nitro benzene ring substituents is 1. The highest BCUT2D eigenvalue weighted by atomic mass is 35.5. The summed E-state index contributed by atoms with van der Waals surface area (Å²) in [7, 11) is 0. The second-order valence-corrected chi connectivity index (χ2v) is 9.01. The molecule has 3 atom stereocenters. The third kappa shape index (κ3) is 4.92. The summed E-state index contributed by atoms with van der Waals surface area (Å²) in [4.78, 5) is 41.9. The van der Waals surface area contributed by atoms with Gasteiger partial charge in [-0.2, -0.15) is 0 Å². The van der Waals surface area contributed by atoms with Crippen LogP contribution in [0.15, 0.2) is 71.7 Å². The number of aliphatic imine (C=N–C) groups is 1. The van der Waals surface area contributed by atoms with E-state index >= 15 is 0 Å². The first-order valence-corrected chi connectivity index (χ1v) is 11.7. The Morgan fingerprint density at radius 3 is 2.56 bits per heavy atom. The average Bonchev–Trinajstić information content (AvgIpc) is 3.24. The molecular weight excluding hydrogens is 482 g/mol. The Labute approximate surface area is 204 Å². The van der Waals surface area contributed by atoms with Crippen molar-refractivity contribution in [1.82, 2.24) is 4.90 Å². The number of hydrogen-bond acceptors (Lipinski definition) is 8. The molecule has 0 aromatic heterocycles. The molecule has 2 heterocycles. The summed E-state index contributed by atoms with van der Waals surface area (Å²) in [6, 6.07) is 13.3. The molecule has 2 aliphatic rings. The van der Waals surface area contributed by atoms with Gasteiger partial charge in [0.25, 0.3) is 11.6 Å². The maximum absolute atomic E-state index is 12.9. The largest absolute Gasteiger partial charge is 0.487 e. The Bertz CT molecular complexity index is 1140. The van der Waals surface area contributed by atoms with E-state index in [-0.39, 0.29) is 36.1 Å². The lowest BCUT2D eigenvalue weighted by molar-refractivity contribution is -0.384. The molecule has 11 heteroatoms. The number of nitro benzene ring substituents is 1. The number of ether oxygens (including phenoxy) is 2. The molecule has 0 bridgehead atoms. The molecule has 2 aromatic rings. The molecule has 1 amide bonds. The van der Waals surface area contributed by atoms with Crippen LogP contribution in [0.1, 0.15) is 5.56 Å². The lowest BCUT2D eigenvalue weighted by atomic mass is 10.00. The number of β-lactam (4-membered cyclic amide) rings is 1. The SMILES string of the molecule is C=C(CCl)C(C(=O)OCc1ccc([N+](=O)[O-])cc1)N1C(=O)C2N=C(COc3ccccc3)SC21. The molecule has 176 valence electrons. The lowest BCUT2D eigenvalue weighted by Gasteiger charge is -2.45. The average molecular weight is 502 g/mol. The highest BCUT2D eigenvalue weighted by Crippen LogP contribution is 2.41. The van der Waals surface area contributed by atoms with E-state index in [1.165, 1.54) is 40.9 Å². The van der Waals surface area contributed by atoms with E-state index in [1.54, 1.807) is 0 Å². The smallest absolute Gasteiger partial charge is 0.333 e. The summed E-state index contributed by atoms with van der Waals surface area (Å²) in [6.07, 6.45) is 0. The number of para-hydroxylation sites is 1. The fourth-order valence-electron chi connectivity index (χ4n) is 3.54. The molecule has 2 aliphatic heterocycles. The highest BCUT2D eigenvalue weighted by Gasteiger charge is 2.56. The van der Waals surface area contributed by atoms with Crippen LogP contribution >= 0.6 is 23.4 Å². The summed E-state index contributed by atoms with van der Waals surface area (Å²) in [5.41, 5.74) is 0.837. The third-order valence-electron chi connectivity index (χ3n) is 5.29. The first kappa shape index (κ1) is 23.8. The van der Waals surface area contributed by atoms with Gasteiger partial charge in [-0.3, -0.25) is 19.9 Å². The second kappa shape index (κ2) is 10.3. The van der Waals surface area contributed by atoms with Crippen LogP contribution in [0.3, 0.4) is 0 Å².